The number of nitrogens with zero attached hydrogens (tertiary/aromatic N) is 4. The Labute approximate surface area is 204 Å². The van der Waals surface area contributed by atoms with Crippen LogP contribution in [0.1, 0.15) is 29.4 Å². The van der Waals surface area contributed by atoms with Crippen LogP contribution < -0.4 is 16.0 Å². The quantitative estimate of drug-likeness (QED) is 0.459. The highest BCUT2D eigenvalue weighted by molar-refractivity contribution is 6.05. The molecule has 0 aliphatic carbocycles. The molecule has 1 aliphatic rings. The summed E-state index contributed by atoms with van der Waals surface area (Å²) in [6.07, 6.45) is 4.38. The Bertz CT molecular complexity index is 1430. The summed E-state index contributed by atoms with van der Waals surface area (Å²) in [5.74, 6) is 0.163. The number of hydrogen-bond acceptors (Lipinski definition) is 6. The number of nitrogens with one attached hydrogen (secondary N) is 1. The Morgan fingerprint density at radius 1 is 1.14 bits per heavy atom. The Balaban J connectivity index is 1.44. The average Bonchev–Trinajstić information content (AvgIpc) is 2.87. The molecule has 1 amide bonds. The molecule has 2 atom stereocenters. The number of piperidine rings is 1. The van der Waals surface area contributed by atoms with Gasteiger partial charge in [0.15, 0.2) is 0 Å². The van der Waals surface area contributed by atoms with Gasteiger partial charge in [0.05, 0.1) is 34.7 Å². The minimum atomic E-state index is -0.307. The van der Waals surface area contributed by atoms with Crippen LogP contribution in [-0.4, -0.2) is 35.0 Å². The molecule has 0 spiro atoms. The van der Waals surface area contributed by atoms with Gasteiger partial charge in [0, 0.05) is 30.7 Å². The van der Waals surface area contributed by atoms with E-state index in [2.05, 4.69) is 33.2 Å². The van der Waals surface area contributed by atoms with Crippen LogP contribution in [0.3, 0.4) is 0 Å². The normalized spacial score (nSPS) is 17.7. The fraction of sp³-hybridized carbons (Fsp3) is 0.214. The van der Waals surface area contributed by atoms with E-state index in [-0.39, 0.29) is 11.9 Å². The summed E-state index contributed by atoms with van der Waals surface area (Å²) in [7, 11) is 0. The number of amides is 1. The number of aromatic nitrogens is 2. The highest BCUT2D eigenvalue weighted by Crippen LogP contribution is 2.30. The zero-order chi connectivity index (χ0) is 24.4. The maximum absolute atomic E-state index is 13.2. The Morgan fingerprint density at radius 3 is 2.80 bits per heavy atom. The summed E-state index contributed by atoms with van der Waals surface area (Å²) < 4.78 is 0. The molecule has 7 heteroatoms. The van der Waals surface area contributed by atoms with Crippen LogP contribution in [0.4, 0.5) is 11.4 Å². The van der Waals surface area contributed by atoms with Crippen LogP contribution in [0.25, 0.3) is 22.0 Å². The molecule has 5 rings (SSSR count). The molecular formula is C28H26N6O. The maximum atomic E-state index is 13.2. The zero-order valence-electron chi connectivity index (χ0n) is 19.5. The molecule has 0 saturated carbocycles. The van der Waals surface area contributed by atoms with Gasteiger partial charge >= 0.3 is 0 Å². The second kappa shape index (κ2) is 9.53. The number of anilines is 2. The van der Waals surface area contributed by atoms with Gasteiger partial charge in [0.1, 0.15) is 5.69 Å². The molecule has 3 heterocycles. The summed E-state index contributed by atoms with van der Waals surface area (Å²) in [5, 5.41) is 13.4. The van der Waals surface area contributed by atoms with Crippen molar-refractivity contribution in [2.24, 2.45) is 11.7 Å². The first-order valence-electron chi connectivity index (χ1n) is 11.7. The van der Waals surface area contributed by atoms with Gasteiger partial charge in [-0.05, 0) is 47.7 Å². The standard InChI is InChI=1S/C28H26N6O/c1-18-12-22(30)17-34(16-18)27-10-11-31-15-26(27)33-28(35)24-9-8-19-6-7-20(13-25(19)32-24)23-5-3-2-4-21(23)14-29/h2-11,13,15,18,22H,12,16-17,30H2,1H3,(H,33,35). The van der Waals surface area contributed by atoms with Crippen LogP contribution in [0.15, 0.2) is 73.1 Å². The lowest BCUT2D eigenvalue weighted by molar-refractivity contribution is 0.102. The highest BCUT2D eigenvalue weighted by Gasteiger charge is 2.24. The van der Waals surface area contributed by atoms with E-state index in [0.717, 1.165) is 41.7 Å². The first kappa shape index (κ1) is 22.5. The van der Waals surface area contributed by atoms with Crippen molar-refractivity contribution in [1.82, 2.24) is 9.97 Å². The smallest absolute Gasteiger partial charge is 0.274 e. The number of nitriles is 1. The van der Waals surface area contributed by atoms with Crippen LogP contribution in [-0.2, 0) is 0 Å². The van der Waals surface area contributed by atoms with Crippen molar-refractivity contribution in [3.8, 4) is 17.2 Å². The SMILES string of the molecule is CC1CC(N)CN(c2ccncc2NC(=O)c2ccc3ccc(-c4ccccc4C#N)cc3n2)C1. The van der Waals surface area contributed by atoms with Gasteiger partial charge in [-0.2, -0.15) is 5.26 Å². The third-order valence-electron chi connectivity index (χ3n) is 6.36. The second-order valence-corrected chi connectivity index (χ2v) is 9.11. The fourth-order valence-corrected chi connectivity index (χ4v) is 4.79. The zero-order valence-corrected chi connectivity index (χ0v) is 19.5. The van der Waals surface area contributed by atoms with Gasteiger partial charge in [0.25, 0.3) is 5.91 Å². The lowest BCUT2D eigenvalue weighted by atomic mass is 9.96. The molecule has 2 unspecified atom stereocenters. The van der Waals surface area contributed by atoms with Gasteiger partial charge in [-0.1, -0.05) is 43.3 Å². The van der Waals surface area contributed by atoms with E-state index in [4.69, 9.17) is 5.73 Å². The Morgan fingerprint density at radius 2 is 1.97 bits per heavy atom. The molecule has 0 radical (unpaired) electrons. The van der Waals surface area contributed by atoms with Crippen LogP contribution in [0.2, 0.25) is 0 Å². The van der Waals surface area contributed by atoms with Gasteiger partial charge in [-0.25, -0.2) is 4.98 Å². The molecule has 2 aromatic carbocycles. The number of nitrogens with two attached hydrogens (primary N) is 1. The van der Waals surface area contributed by atoms with Gasteiger partial charge < -0.3 is 16.0 Å². The molecule has 1 aliphatic heterocycles. The number of fused-ring (bicyclic) bond motifs is 1. The lowest BCUT2D eigenvalue weighted by Gasteiger charge is -2.37. The first-order valence-corrected chi connectivity index (χ1v) is 11.7. The predicted octanol–water partition coefficient (Wildman–Crippen LogP) is 4.59. The van der Waals surface area contributed by atoms with Crippen molar-refractivity contribution in [3.63, 3.8) is 0 Å². The van der Waals surface area contributed by atoms with Gasteiger partial charge in [0.2, 0.25) is 0 Å². The van der Waals surface area contributed by atoms with Crippen molar-refractivity contribution >= 4 is 28.2 Å². The fourth-order valence-electron chi connectivity index (χ4n) is 4.79. The summed E-state index contributed by atoms with van der Waals surface area (Å²) in [4.78, 5) is 24.2. The van der Waals surface area contributed by atoms with Crippen molar-refractivity contribution in [1.29, 1.82) is 5.26 Å². The Hall–Kier alpha value is -4.28. The number of hydrogen-bond donors (Lipinski definition) is 2. The van der Waals surface area contributed by atoms with Crippen molar-refractivity contribution < 1.29 is 4.79 Å². The highest BCUT2D eigenvalue weighted by atomic mass is 16.1. The van der Waals surface area contributed by atoms with E-state index in [1.807, 2.05) is 48.5 Å². The molecule has 7 nitrogen and oxygen atoms in total. The molecule has 4 aromatic rings. The molecule has 3 N–H and O–H groups in total. The first-order chi connectivity index (χ1) is 17.0. The van der Waals surface area contributed by atoms with Crippen LogP contribution >= 0.6 is 0 Å². The van der Waals surface area contributed by atoms with Gasteiger partial charge in [-0.15, -0.1) is 0 Å². The summed E-state index contributed by atoms with van der Waals surface area (Å²) >= 11 is 0. The number of carbonyl (C=O) groups is 1. The maximum Gasteiger partial charge on any atom is 0.274 e. The topological polar surface area (TPSA) is 108 Å². The summed E-state index contributed by atoms with van der Waals surface area (Å²) in [5.41, 5.74) is 11.1. The average molecular weight is 463 g/mol. The van der Waals surface area contributed by atoms with Crippen molar-refractivity contribution in [3.05, 3.63) is 84.3 Å². The number of carbonyl (C=O) groups excluding carboxylic acids is 1. The van der Waals surface area contributed by atoms with Gasteiger partial charge in [-0.3, -0.25) is 9.78 Å². The Kier molecular flexibility index (Phi) is 6.13. The third kappa shape index (κ3) is 4.70. The van der Waals surface area contributed by atoms with Crippen molar-refractivity contribution in [2.45, 2.75) is 19.4 Å². The minimum Gasteiger partial charge on any atom is -0.368 e. The van der Waals surface area contributed by atoms with E-state index >= 15 is 0 Å². The van der Waals surface area contributed by atoms with E-state index in [9.17, 15) is 10.1 Å². The third-order valence-corrected chi connectivity index (χ3v) is 6.36. The number of rotatable bonds is 4. The van der Waals surface area contributed by atoms with E-state index < -0.39 is 0 Å². The van der Waals surface area contributed by atoms with E-state index in [1.165, 1.54) is 0 Å². The number of pyridine rings is 2. The summed E-state index contributed by atoms with van der Waals surface area (Å²) in [6.45, 7) is 3.80. The molecular weight excluding hydrogens is 436 g/mol. The number of benzene rings is 2. The molecule has 2 aromatic heterocycles. The molecule has 174 valence electrons. The van der Waals surface area contributed by atoms with E-state index in [0.29, 0.717) is 28.4 Å². The second-order valence-electron chi connectivity index (χ2n) is 9.11. The van der Waals surface area contributed by atoms with Crippen LogP contribution in [0.5, 0.6) is 0 Å². The predicted molar refractivity (Wildman–Crippen MR) is 138 cm³/mol. The summed E-state index contributed by atoms with van der Waals surface area (Å²) in [6, 6.07) is 21.1. The lowest BCUT2D eigenvalue weighted by Crippen LogP contribution is -2.46. The molecule has 1 fully saturated rings. The molecule has 1 saturated heterocycles. The molecule has 0 bridgehead atoms. The monoisotopic (exact) mass is 462 g/mol. The van der Waals surface area contributed by atoms with Crippen molar-refractivity contribution in [2.75, 3.05) is 23.3 Å². The minimum absolute atomic E-state index is 0.0954. The van der Waals surface area contributed by atoms with E-state index in [1.54, 1.807) is 24.5 Å². The largest absolute Gasteiger partial charge is 0.368 e. The van der Waals surface area contributed by atoms with Crippen LogP contribution in [0, 0.1) is 17.2 Å². The molecule has 35 heavy (non-hydrogen) atoms.